The fourth-order valence-corrected chi connectivity index (χ4v) is 3.28. The van der Waals surface area contributed by atoms with Crippen molar-refractivity contribution in [3.05, 3.63) is 44.9 Å². The average Bonchev–Trinajstić information content (AvgIpc) is 2.76. The first-order chi connectivity index (χ1) is 9.10. The Kier molecular flexibility index (Phi) is 5.13. The predicted octanol–water partition coefficient (Wildman–Crippen LogP) is 3.46. The number of hydrogen-bond acceptors (Lipinski definition) is 3. The summed E-state index contributed by atoms with van der Waals surface area (Å²) in [5.74, 6) is 0.936. The van der Waals surface area contributed by atoms with Gasteiger partial charge in [0.25, 0.3) is 0 Å². The van der Waals surface area contributed by atoms with Gasteiger partial charge in [-0.15, -0.1) is 0 Å². The van der Waals surface area contributed by atoms with Crippen LogP contribution in [0.3, 0.4) is 0 Å². The molecule has 0 aliphatic heterocycles. The molecule has 0 aliphatic rings. The van der Waals surface area contributed by atoms with E-state index in [9.17, 15) is 0 Å². The van der Waals surface area contributed by atoms with Crippen molar-refractivity contribution in [3.8, 4) is 0 Å². The van der Waals surface area contributed by atoms with E-state index in [1.165, 1.54) is 0 Å². The van der Waals surface area contributed by atoms with Crippen molar-refractivity contribution in [2.45, 2.75) is 32.4 Å². The highest BCUT2D eigenvalue weighted by molar-refractivity contribution is 9.11. The summed E-state index contributed by atoms with van der Waals surface area (Å²) >= 11 is 6.96. The summed E-state index contributed by atoms with van der Waals surface area (Å²) in [5.41, 5.74) is 7.34. The highest BCUT2D eigenvalue weighted by atomic mass is 79.9. The van der Waals surface area contributed by atoms with Crippen molar-refractivity contribution in [1.82, 2.24) is 14.8 Å². The van der Waals surface area contributed by atoms with E-state index < -0.39 is 0 Å². The molecule has 1 aromatic carbocycles. The van der Waals surface area contributed by atoms with E-state index in [1.54, 1.807) is 6.33 Å². The van der Waals surface area contributed by atoms with E-state index >= 15 is 0 Å². The van der Waals surface area contributed by atoms with Gasteiger partial charge < -0.3 is 5.73 Å². The molecule has 2 N–H and O–H groups in total. The standard InChI is InChI=1S/C13H16Br2N4/c1-2-3-19-13(17-8-18-19)7-12(16)9-4-10(14)6-11(15)5-9/h4-6,8,12H,2-3,7,16H2,1H3. The Morgan fingerprint density at radius 1 is 1.26 bits per heavy atom. The topological polar surface area (TPSA) is 56.7 Å². The van der Waals surface area contributed by atoms with Crippen LogP contribution in [0.4, 0.5) is 0 Å². The molecular weight excluding hydrogens is 372 g/mol. The second kappa shape index (κ2) is 6.63. The summed E-state index contributed by atoms with van der Waals surface area (Å²) < 4.78 is 3.96. The van der Waals surface area contributed by atoms with Gasteiger partial charge in [-0.2, -0.15) is 5.10 Å². The Hall–Kier alpha value is -0.720. The lowest BCUT2D eigenvalue weighted by Gasteiger charge is -2.13. The average molecular weight is 388 g/mol. The van der Waals surface area contributed by atoms with Gasteiger partial charge in [-0.25, -0.2) is 4.98 Å². The molecule has 2 rings (SSSR count). The number of benzene rings is 1. The van der Waals surface area contributed by atoms with Gasteiger partial charge in [-0.05, 0) is 30.2 Å². The van der Waals surface area contributed by atoms with Crippen LogP contribution in [0.2, 0.25) is 0 Å². The van der Waals surface area contributed by atoms with Crippen molar-refractivity contribution in [2.24, 2.45) is 5.73 Å². The molecule has 102 valence electrons. The third-order valence-corrected chi connectivity index (χ3v) is 3.76. The van der Waals surface area contributed by atoms with Crippen LogP contribution in [0.25, 0.3) is 0 Å². The molecule has 0 spiro atoms. The zero-order chi connectivity index (χ0) is 13.8. The van der Waals surface area contributed by atoms with Crippen molar-refractivity contribution < 1.29 is 0 Å². The van der Waals surface area contributed by atoms with Gasteiger partial charge >= 0.3 is 0 Å². The molecule has 0 amide bonds. The van der Waals surface area contributed by atoms with Crippen LogP contribution in [-0.2, 0) is 13.0 Å². The van der Waals surface area contributed by atoms with Crippen molar-refractivity contribution in [2.75, 3.05) is 0 Å². The molecule has 0 bridgehead atoms. The zero-order valence-corrected chi connectivity index (χ0v) is 13.9. The van der Waals surface area contributed by atoms with Crippen LogP contribution in [0, 0.1) is 0 Å². The smallest absolute Gasteiger partial charge is 0.138 e. The summed E-state index contributed by atoms with van der Waals surface area (Å²) in [6, 6.07) is 5.98. The second-order valence-electron chi connectivity index (χ2n) is 4.41. The molecule has 0 radical (unpaired) electrons. The molecule has 1 aromatic heterocycles. The normalized spacial score (nSPS) is 12.6. The molecule has 1 unspecified atom stereocenters. The number of halogens is 2. The molecule has 0 aliphatic carbocycles. The predicted molar refractivity (Wildman–Crippen MR) is 82.8 cm³/mol. The quantitative estimate of drug-likeness (QED) is 0.854. The fraction of sp³-hybridized carbons (Fsp3) is 0.385. The van der Waals surface area contributed by atoms with Crippen molar-refractivity contribution >= 4 is 31.9 Å². The van der Waals surface area contributed by atoms with Gasteiger partial charge in [0.2, 0.25) is 0 Å². The largest absolute Gasteiger partial charge is 0.324 e. The number of nitrogens with two attached hydrogens (primary N) is 1. The minimum absolute atomic E-state index is 0.0893. The Bertz CT molecular complexity index is 533. The van der Waals surface area contributed by atoms with E-state index in [0.29, 0.717) is 6.42 Å². The van der Waals surface area contributed by atoms with Gasteiger partial charge in [-0.3, -0.25) is 4.68 Å². The summed E-state index contributed by atoms with van der Waals surface area (Å²) in [6.07, 6.45) is 3.31. The first kappa shape index (κ1) is 14.7. The van der Waals surface area contributed by atoms with Crippen LogP contribution < -0.4 is 5.73 Å². The third kappa shape index (κ3) is 3.87. The lowest BCUT2D eigenvalue weighted by atomic mass is 10.0. The fourth-order valence-electron chi connectivity index (χ4n) is 1.95. The Balaban J connectivity index is 2.15. The molecule has 2 aromatic rings. The summed E-state index contributed by atoms with van der Waals surface area (Å²) in [6.45, 7) is 3.00. The van der Waals surface area contributed by atoms with Crippen molar-refractivity contribution in [1.29, 1.82) is 0 Å². The third-order valence-electron chi connectivity index (χ3n) is 2.85. The lowest BCUT2D eigenvalue weighted by Crippen LogP contribution is -2.17. The minimum atomic E-state index is -0.0893. The van der Waals surface area contributed by atoms with Gasteiger partial charge in [0.1, 0.15) is 12.2 Å². The van der Waals surface area contributed by atoms with E-state index in [0.717, 1.165) is 33.3 Å². The molecule has 0 saturated heterocycles. The summed E-state index contributed by atoms with van der Waals surface area (Å²) in [4.78, 5) is 4.29. The van der Waals surface area contributed by atoms with Gasteiger partial charge in [0.05, 0.1) is 0 Å². The van der Waals surface area contributed by atoms with Gasteiger partial charge in [0.15, 0.2) is 0 Å². The number of nitrogens with zero attached hydrogens (tertiary/aromatic N) is 3. The second-order valence-corrected chi connectivity index (χ2v) is 6.24. The molecular formula is C13H16Br2N4. The molecule has 19 heavy (non-hydrogen) atoms. The maximum Gasteiger partial charge on any atom is 0.138 e. The molecule has 1 atom stereocenters. The molecule has 6 heteroatoms. The van der Waals surface area contributed by atoms with E-state index in [4.69, 9.17) is 5.73 Å². The summed E-state index contributed by atoms with van der Waals surface area (Å²) in [7, 11) is 0. The van der Waals surface area contributed by atoms with E-state index in [-0.39, 0.29) is 6.04 Å². The summed E-state index contributed by atoms with van der Waals surface area (Å²) in [5, 5.41) is 4.22. The number of aryl methyl sites for hydroxylation is 1. The Morgan fingerprint density at radius 3 is 2.58 bits per heavy atom. The highest BCUT2D eigenvalue weighted by Crippen LogP contribution is 2.24. The lowest BCUT2D eigenvalue weighted by molar-refractivity contribution is 0.548. The molecule has 1 heterocycles. The van der Waals surface area contributed by atoms with Crippen molar-refractivity contribution in [3.63, 3.8) is 0 Å². The number of hydrogen-bond donors (Lipinski definition) is 1. The first-order valence-corrected chi connectivity index (χ1v) is 7.77. The monoisotopic (exact) mass is 386 g/mol. The highest BCUT2D eigenvalue weighted by Gasteiger charge is 2.13. The van der Waals surface area contributed by atoms with Gasteiger partial charge in [0, 0.05) is 28.0 Å². The number of rotatable bonds is 5. The SMILES string of the molecule is CCCn1ncnc1CC(N)c1cc(Br)cc(Br)c1. The van der Waals surface area contributed by atoms with Crippen LogP contribution in [0.5, 0.6) is 0 Å². The minimum Gasteiger partial charge on any atom is -0.324 e. The van der Waals surface area contributed by atoms with Crippen LogP contribution >= 0.6 is 31.9 Å². The van der Waals surface area contributed by atoms with Gasteiger partial charge in [-0.1, -0.05) is 38.8 Å². The Morgan fingerprint density at radius 2 is 1.95 bits per heavy atom. The van der Waals surface area contributed by atoms with Crippen LogP contribution in [0.1, 0.15) is 30.8 Å². The van der Waals surface area contributed by atoms with E-state index in [1.807, 2.05) is 22.9 Å². The van der Waals surface area contributed by atoms with Crippen LogP contribution in [0.15, 0.2) is 33.5 Å². The zero-order valence-electron chi connectivity index (χ0n) is 10.7. The molecule has 0 saturated carbocycles. The van der Waals surface area contributed by atoms with E-state index in [2.05, 4.69) is 48.9 Å². The van der Waals surface area contributed by atoms with Crippen LogP contribution in [-0.4, -0.2) is 14.8 Å². The Labute approximate surface area is 129 Å². The number of aromatic nitrogens is 3. The first-order valence-electron chi connectivity index (χ1n) is 6.18. The molecule has 0 fully saturated rings. The maximum absolute atomic E-state index is 6.27. The maximum atomic E-state index is 6.27. The molecule has 4 nitrogen and oxygen atoms in total.